The van der Waals surface area contributed by atoms with Gasteiger partial charge in [-0.25, -0.2) is 0 Å². The predicted molar refractivity (Wildman–Crippen MR) is 112 cm³/mol. The van der Waals surface area contributed by atoms with Crippen molar-refractivity contribution >= 4 is 23.2 Å². The summed E-state index contributed by atoms with van der Waals surface area (Å²) in [5.41, 5.74) is 1.60. The van der Waals surface area contributed by atoms with Gasteiger partial charge in [0.25, 0.3) is 0 Å². The van der Waals surface area contributed by atoms with Gasteiger partial charge in [0.1, 0.15) is 17.2 Å². The molecule has 2 aromatic carbocycles. The van der Waals surface area contributed by atoms with Crippen LogP contribution in [0.2, 0.25) is 5.02 Å². The van der Waals surface area contributed by atoms with Crippen LogP contribution in [0.1, 0.15) is 43.4 Å². The number of nitrogens with zero attached hydrogens (tertiary/aromatic N) is 2. The van der Waals surface area contributed by atoms with Crippen LogP contribution in [0.4, 0.5) is 0 Å². The lowest BCUT2D eigenvalue weighted by molar-refractivity contribution is -0.130. The molecule has 152 valence electrons. The smallest absolute Gasteiger partial charge is 0.219 e. The van der Waals surface area contributed by atoms with Crippen molar-refractivity contribution in [2.75, 3.05) is 13.1 Å². The van der Waals surface area contributed by atoms with E-state index in [1.807, 2.05) is 17.0 Å². The molecule has 2 aliphatic heterocycles. The number of phenols is 2. The predicted octanol–water partition coefficient (Wildman–Crippen LogP) is 3.61. The van der Waals surface area contributed by atoms with Crippen LogP contribution < -0.4 is 5.32 Å². The molecule has 0 saturated carbocycles. The van der Waals surface area contributed by atoms with Crippen molar-refractivity contribution < 1.29 is 15.0 Å². The number of para-hydroxylation sites is 1. The Kier molecular flexibility index (Phi) is 5.23. The number of likely N-dealkylation sites (tertiary alicyclic amines) is 1. The highest BCUT2D eigenvalue weighted by Gasteiger charge is 2.41. The lowest BCUT2D eigenvalue weighted by Crippen LogP contribution is -2.56. The van der Waals surface area contributed by atoms with Crippen molar-refractivity contribution in [3.8, 4) is 11.5 Å². The molecule has 0 aromatic heterocycles. The van der Waals surface area contributed by atoms with Gasteiger partial charge in [0.2, 0.25) is 5.91 Å². The SMILES string of the molecule is CC(=O)N1CCC2(CC1)N=C(c1ccccc1O)C[C@@H](c1cc(Cl)ccc1O)N2. The summed E-state index contributed by atoms with van der Waals surface area (Å²) >= 11 is 6.19. The third kappa shape index (κ3) is 3.95. The first-order valence-corrected chi connectivity index (χ1v) is 10.1. The summed E-state index contributed by atoms with van der Waals surface area (Å²) in [6, 6.07) is 11.9. The van der Waals surface area contributed by atoms with E-state index < -0.39 is 5.66 Å². The van der Waals surface area contributed by atoms with E-state index in [9.17, 15) is 15.0 Å². The molecule has 2 heterocycles. The quantitative estimate of drug-likeness (QED) is 0.702. The molecule has 1 amide bonds. The zero-order valence-electron chi connectivity index (χ0n) is 16.2. The third-order valence-electron chi connectivity index (χ3n) is 5.81. The molecular formula is C22H24ClN3O3. The topological polar surface area (TPSA) is 85.2 Å². The van der Waals surface area contributed by atoms with Gasteiger partial charge in [-0.1, -0.05) is 23.7 Å². The molecule has 2 aromatic rings. The standard InChI is InChI=1S/C22H24ClN3O3/c1-14(27)26-10-8-22(9-11-26)24-18(16-4-2-3-5-20(16)28)13-19(25-22)17-12-15(23)6-7-21(17)29/h2-7,12,19,25,28-29H,8-11,13H2,1H3/t19-/m0/s1. The lowest BCUT2D eigenvalue weighted by Gasteiger charge is -2.45. The molecule has 2 aliphatic rings. The average molecular weight is 414 g/mol. The van der Waals surface area contributed by atoms with Crippen molar-refractivity contribution in [3.63, 3.8) is 0 Å². The maximum atomic E-state index is 11.8. The van der Waals surface area contributed by atoms with Gasteiger partial charge >= 0.3 is 0 Å². The Balaban J connectivity index is 1.74. The van der Waals surface area contributed by atoms with Crippen LogP contribution in [-0.2, 0) is 4.79 Å². The lowest BCUT2D eigenvalue weighted by atomic mass is 9.87. The molecule has 4 rings (SSSR count). The van der Waals surface area contributed by atoms with Crippen molar-refractivity contribution in [1.29, 1.82) is 0 Å². The summed E-state index contributed by atoms with van der Waals surface area (Å²) in [4.78, 5) is 18.6. The summed E-state index contributed by atoms with van der Waals surface area (Å²) in [5, 5.41) is 25.0. The zero-order chi connectivity index (χ0) is 20.6. The van der Waals surface area contributed by atoms with E-state index in [1.54, 1.807) is 37.3 Å². The second-order valence-electron chi connectivity index (χ2n) is 7.72. The number of halogens is 1. The number of aromatic hydroxyl groups is 2. The molecule has 0 aliphatic carbocycles. The summed E-state index contributed by atoms with van der Waals surface area (Å²) in [6.45, 7) is 2.79. The fourth-order valence-corrected chi connectivity index (χ4v) is 4.41. The van der Waals surface area contributed by atoms with Crippen molar-refractivity contribution in [1.82, 2.24) is 10.2 Å². The number of hydrogen-bond donors (Lipinski definition) is 3. The second kappa shape index (κ2) is 7.69. The van der Waals surface area contributed by atoms with Crippen molar-refractivity contribution in [2.45, 2.75) is 37.9 Å². The maximum Gasteiger partial charge on any atom is 0.219 e. The molecule has 1 fully saturated rings. The molecule has 29 heavy (non-hydrogen) atoms. The van der Waals surface area contributed by atoms with Crippen LogP contribution in [0.15, 0.2) is 47.5 Å². The number of hydrogen-bond acceptors (Lipinski definition) is 5. The van der Waals surface area contributed by atoms with Gasteiger partial charge in [0.05, 0.1) is 0 Å². The number of amides is 1. The number of nitrogens with one attached hydrogen (secondary N) is 1. The fourth-order valence-electron chi connectivity index (χ4n) is 4.23. The molecule has 1 atom stereocenters. The summed E-state index contributed by atoms with van der Waals surface area (Å²) in [7, 11) is 0. The second-order valence-corrected chi connectivity index (χ2v) is 8.15. The van der Waals surface area contributed by atoms with Crippen LogP contribution >= 0.6 is 11.6 Å². The molecule has 0 unspecified atom stereocenters. The fraction of sp³-hybridized carbons (Fsp3) is 0.364. The number of carbonyl (C=O) groups is 1. The molecular weight excluding hydrogens is 390 g/mol. The Morgan fingerprint density at radius 3 is 2.59 bits per heavy atom. The first kappa shape index (κ1) is 19.7. The van der Waals surface area contributed by atoms with Crippen LogP contribution in [0.3, 0.4) is 0 Å². The van der Waals surface area contributed by atoms with Crippen LogP contribution in [0.5, 0.6) is 11.5 Å². The molecule has 3 N–H and O–H groups in total. The first-order valence-electron chi connectivity index (χ1n) is 9.76. The Labute approximate surface area is 174 Å². The highest BCUT2D eigenvalue weighted by atomic mass is 35.5. The summed E-state index contributed by atoms with van der Waals surface area (Å²) in [5.74, 6) is 0.407. The van der Waals surface area contributed by atoms with E-state index in [2.05, 4.69) is 5.32 Å². The van der Waals surface area contributed by atoms with Crippen molar-refractivity contribution in [2.24, 2.45) is 4.99 Å². The van der Waals surface area contributed by atoms with E-state index in [0.717, 1.165) is 5.71 Å². The van der Waals surface area contributed by atoms with Gasteiger partial charge < -0.3 is 15.1 Å². The summed E-state index contributed by atoms with van der Waals surface area (Å²) in [6.07, 6.45) is 1.81. The molecule has 0 bridgehead atoms. The summed E-state index contributed by atoms with van der Waals surface area (Å²) < 4.78 is 0. The molecule has 7 heteroatoms. The number of rotatable bonds is 2. The third-order valence-corrected chi connectivity index (χ3v) is 6.04. The van der Waals surface area contributed by atoms with Gasteiger partial charge in [-0.3, -0.25) is 15.1 Å². The van der Waals surface area contributed by atoms with Gasteiger partial charge in [0.15, 0.2) is 0 Å². The minimum atomic E-state index is -0.568. The maximum absolute atomic E-state index is 11.8. The van der Waals surface area contributed by atoms with Crippen molar-refractivity contribution in [3.05, 3.63) is 58.6 Å². The highest BCUT2D eigenvalue weighted by molar-refractivity contribution is 6.30. The Morgan fingerprint density at radius 1 is 1.17 bits per heavy atom. The largest absolute Gasteiger partial charge is 0.508 e. The Morgan fingerprint density at radius 2 is 1.90 bits per heavy atom. The first-order chi connectivity index (χ1) is 13.9. The average Bonchev–Trinajstić information content (AvgIpc) is 2.70. The monoisotopic (exact) mass is 413 g/mol. The van der Waals surface area contributed by atoms with E-state index >= 15 is 0 Å². The van der Waals surface area contributed by atoms with Crippen LogP contribution in [0.25, 0.3) is 0 Å². The number of phenolic OH excluding ortho intramolecular Hbond substituents is 2. The van der Waals surface area contributed by atoms with E-state index in [4.69, 9.17) is 16.6 Å². The molecule has 1 saturated heterocycles. The normalized spacial score (nSPS) is 21.1. The highest BCUT2D eigenvalue weighted by Crippen LogP contribution is 2.39. The van der Waals surface area contributed by atoms with Gasteiger partial charge in [-0.15, -0.1) is 0 Å². The number of piperidine rings is 1. The number of aliphatic imine (C=N–C) groups is 1. The van der Waals surface area contributed by atoms with E-state index in [-0.39, 0.29) is 23.4 Å². The number of carbonyl (C=O) groups excluding carboxylic acids is 1. The van der Waals surface area contributed by atoms with E-state index in [1.165, 1.54) is 0 Å². The van der Waals surface area contributed by atoms with Gasteiger partial charge in [-0.05, 0) is 30.3 Å². The van der Waals surface area contributed by atoms with Crippen LogP contribution in [-0.4, -0.2) is 45.5 Å². The molecule has 6 nitrogen and oxygen atoms in total. The van der Waals surface area contributed by atoms with Gasteiger partial charge in [-0.2, -0.15) is 0 Å². The minimum absolute atomic E-state index is 0.0598. The minimum Gasteiger partial charge on any atom is -0.508 e. The molecule has 0 radical (unpaired) electrons. The number of benzene rings is 2. The zero-order valence-corrected chi connectivity index (χ0v) is 17.0. The van der Waals surface area contributed by atoms with Crippen LogP contribution in [0, 0.1) is 0 Å². The Hall–Kier alpha value is -2.57. The Bertz CT molecular complexity index is 968. The molecule has 1 spiro atoms. The van der Waals surface area contributed by atoms with E-state index in [0.29, 0.717) is 48.5 Å². The van der Waals surface area contributed by atoms with Gasteiger partial charge in [0, 0.05) is 67.2 Å².